The molecule has 1 aromatic rings. The van der Waals surface area contributed by atoms with Crippen molar-refractivity contribution in [3.05, 3.63) is 42.5 Å². The van der Waals surface area contributed by atoms with Crippen molar-refractivity contribution in [1.82, 2.24) is 4.31 Å². The molecular weight excluding hydrogens is 266 g/mol. The molecule has 0 saturated carbocycles. The van der Waals surface area contributed by atoms with Crippen molar-refractivity contribution in [1.29, 1.82) is 0 Å². The number of hydrogen-bond donors (Lipinski definition) is 1. The lowest BCUT2D eigenvalue weighted by Gasteiger charge is -2.18. The number of sulfonamides is 1. The molecular formula is C13H17NO4S. The van der Waals surface area contributed by atoms with Crippen LogP contribution in [0, 0.1) is 0 Å². The lowest BCUT2D eigenvalue weighted by atomic mass is 10.2. The predicted molar refractivity (Wildman–Crippen MR) is 72.4 cm³/mol. The summed E-state index contributed by atoms with van der Waals surface area (Å²) in [6.07, 6.45) is 1.41. The van der Waals surface area contributed by atoms with Crippen molar-refractivity contribution in [3.63, 3.8) is 0 Å². The molecule has 0 spiro atoms. The van der Waals surface area contributed by atoms with Gasteiger partial charge in [0.05, 0.1) is 11.3 Å². The first-order valence-corrected chi connectivity index (χ1v) is 7.27. The van der Waals surface area contributed by atoms with Gasteiger partial charge in [0.2, 0.25) is 10.0 Å². The van der Waals surface area contributed by atoms with Crippen molar-refractivity contribution in [2.24, 2.45) is 0 Å². The molecule has 0 aromatic heterocycles. The zero-order valence-electron chi connectivity index (χ0n) is 10.7. The van der Waals surface area contributed by atoms with Gasteiger partial charge in [0.25, 0.3) is 0 Å². The van der Waals surface area contributed by atoms with E-state index >= 15 is 0 Å². The normalized spacial score (nSPS) is 11.5. The first kappa shape index (κ1) is 15.4. The molecule has 1 N–H and O–H groups in total. The van der Waals surface area contributed by atoms with Crippen LogP contribution in [-0.4, -0.2) is 36.9 Å². The molecule has 0 amide bonds. The standard InChI is InChI=1S/C13H17NO4S/c1-3-9-14(4-2)19(17,18)12-7-5-11(6-8-12)10-13(15)16/h3,5-8H,1,4,9-10H2,2H3,(H,15,16). The number of hydrogen-bond acceptors (Lipinski definition) is 3. The minimum Gasteiger partial charge on any atom is -0.481 e. The van der Waals surface area contributed by atoms with Crippen LogP contribution in [-0.2, 0) is 21.2 Å². The number of aliphatic carboxylic acids is 1. The predicted octanol–water partition coefficient (Wildman–Crippen LogP) is 1.51. The molecule has 104 valence electrons. The quantitative estimate of drug-likeness (QED) is 0.770. The Morgan fingerprint density at radius 3 is 2.37 bits per heavy atom. The largest absolute Gasteiger partial charge is 0.481 e. The minimum atomic E-state index is -3.54. The van der Waals surface area contributed by atoms with Crippen LogP contribution >= 0.6 is 0 Å². The van der Waals surface area contributed by atoms with Crippen molar-refractivity contribution in [3.8, 4) is 0 Å². The first-order valence-electron chi connectivity index (χ1n) is 5.83. The summed E-state index contributed by atoms with van der Waals surface area (Å²) in [6.45, 7) is 5.88. The van der Waals surface area contributed by atoms with Crippen molar-refractivity contribution in [2.45, 2.75) is 18.2 Å². The second-order valence-corrected chi connectivity index (χ2v) is 5.90. The smallest absolute Gasteiger partial charge is 0.307 e. The van der Waals surface area contributed by atoms with Crippen LogP contribution in [0.2, 0.25) is 0 Å². The van der Waals surface area contributed by atoms with Crippen LogP contribution in [0.15, 0.2) is 41.8 Å². The highest BCUT2D eigenvalue weighted by Gasteiger charge is 2.21. The number of carboxylic acids is 1. The monoisotopic (exact) mass is 283 g/mol. The van der Waals surface area contributed by atoms with Crippen LogP contribution in [0.3, 0.4) is 0 Å². The van der Waals surface area contributed by atoms with Crippen molar-refractivity contribution >= 4 is 16.0 Å². The molecule has 1 aromatic carbocycles. The Hall–Kier alpha value is -1.66. The third-order valence-electron chi connectivity index (χ3n) is 2.60. The molecule has 1 rings (SSSR count). The van der Waals surface area contributed by atoms with Gasteiger partial charge in [-0.2, -0.15) is 4.31 Å². The fraction of sp³-hybridized carbons (Fsp3) is 0.308. The Kier molecular flexibility index (Phi) is 5.26. The molecule has 0 saturated heterocycles. The SMILES string of the molecule is C=CCN(CC)S(=O)(=O)c1ccc(CC(=O)O)cc1. The summed E-state index contributed by atoms with van der Waals surface area (Å²) in [5, 5.41) is 8.65. The molecule has 0 heterocycles. The summed E-state index contributed by atoms with van der Waals surface area (Å²) in [4.78, 5) is 10.7. The maximum atomic E-state index is 12.2. The Morgan fingerprint density at radius 1 is 1.37 bits per heavy atom. The highest BCUT2D eigenvalue weighted by molar-refractivity contribution is 7.89. The molecule has 19 heavy (non-hydrogen) atoms. The van der Waals surface area contributed by atoms with Crippen molar-refractivity contribution in [2.75, 3.05) is 13.1 Å². The average Bonchev–Trinajstić information content (AvgIpc) is 2.35. The third kappa shape index (κ3) is 3.90. The average molecular weight is 283 g/mol. The molecule has 0 aliphatic rings. The van der Waals surface area contributed by atoms with E-state index in [1.807, 2.05) is 0 Å². The minimum absolute atomic E-state index is 0.121. The van der Waals surface area contributed by atoms with Crippen LogP contribution < -0.4 is 0 Å². The van der Waals surface area contributed by atoms with Crippen LogP contribution in [0.1, 0.15) is 12.5 Å². The van der Waals surface area contributed by atoms with Gasteiger partial charge in [-0.1, -0.05) is 25.1 Å². The summed E-state index contributed by atoms with van der Waals surface area (Å²) in [5.41, 5.74) is 0.568. The van der Waals surface area contributed by atoms with Gasteiger partial charge in [-0.3, -0.25) is 4.79 Å². The first-order chi connectivity index (χ1) is 8.91. The Bertz CT molecular complexity index is 549. The van der Waals surface area contributed by atoms with E-state index in [1.54, 1.807) is 6.92 Å². The number of nitrogens with zero attached hydrogens (tertiary/aromatic N) is 1. The molecule has 0 aliphatic carbocycles. The summed E-state index contributed by atoms with van der Waals surface area (Å²) >= 11 is 0. The van der Waals surface area contributed by atoms with Gasteiger partial charge in [0.15, 0.2) is 0 Å². The van der Waals surface area contributed by atoms with Gasteiger partial charge in [-0.15, -0.1) is 6.58 Å². The molecule has 0 radical (unpaired) electrons. The number of carboxylic acid groups (broad SMARTS) is 1. The maximum absolute atomic E-state index is 12.2. The second-order valence-electron chi connectivity index (χ2n) is 3.96. The fourth-order valence-electron chi connectivity index (χ4n) is 1.64. The van der Waals surface area contributed by atoms with Crippen molar-refractivity contribution < 1.29 is 18.3 Å². The number of carbonyl (C=O) groups is 1. The Morgan fingerprint density at radius 2 is 1.95 bits per heavy atom. The summed E-state index contributed by atoms with van der Waals surface area (Å²) in [7, 11) is -3.54. The molecule has 0 bridgehead atoms. The zero-order chi connectivity index (χ0) is 14.5. The second kappa shape index (κ2) is 6.49. The van der Waals surface area contributed by atoms with E-state index in [2.05, 4.69) is 6.58 Å². The van der Waals surface area contributed by atoms with E-state index in [-0.39, 0.29) is 17.9 Å². The van der Waals surface area contributed by atoms with Gasteiger partial charge >= 0.3 is 5.97 Å². The molecule has 5 nitrogen and oxygen atoms in total. The molecule has 0 unspecified atom stereocenters. The van der Waals surface area contributed by atoms with E-state index in [4.69, 9.17) is 5.11 Å². The van der Waals surface area contributed by atoms with Gasteiger partial charge in [-0.25, -0.2) is 8.42 Å². The lowest BCUT2D eigenvalue weighted by molar-refractivity contribution is -0.136. The van der Waals surface area contributed by atoms with Gasteiger partial charge in [0.1, 0.15) is 0 Å². The van der Waals surface area contributed by atoms with Crippen LogP contribution in [0.4, 0.5) is 0 Å². The lowest BCUT2D eigenvalue weighted by Crippen LogP contribution is -2.31. The number of rotatable bonds is 7. The maximum Gasteiger partial charge on any atom is 0.307 e. The topological polar surface area (TPSA) is 74.7 Å². The summed E-state index contributed by atoms with van der Waals surface area (Å²) in [5.74, 6) is -0.947. The third-order valence-corrected chi connectivity index (χ3v) is 4.56. The summed E-state index contributed by atoms with van der Waals surface area (Å²) in [6, 6.07) is 5.89. The van der Waals surface area contributed by atoms with E-state index < -0.39 is 16.0 Å². The zero-order valence-corrected chi connectivity index (χ0v) is 11.6. The van der Waals surface area contributed by atoms with Gasteiger partial charge in [-0.05, 0) is 17.7 Å². The van der Waals surface area contributed by atoms with E-state index in [1.165, 1.54) is 34.6 Å². The highest BCUT2D eigenvalue weighted by Crippen LogP contribution is 2.16. The fourth-order valence-corrected chi connectivity index (χ4v) is 3.06. The molecule has 0 fully saturated rings. The van der Waals surface area contributed by atoms with Crippen LogP contribution in [0.5, 0.6) is 0 Å². The highest BCUT2D eigenvalue weighted by atomic mass is 32.2. The van der Waals surface area contributed by atoms with E-state index in [9.17, 15) is 13.2 Å². The van der Waals surface area contributed by atoms with Gasteiger partial charge in [0, 0.05) is 13.1 Å². The van der Waals surface area contributed by atoms with E-state index in [0.717, 1.165) is 0 Å². The number of benzene rings is 1. The Labute approximate surface area is 113 Å². The van der Waals surface area contributed by atoms with Crippen LogP contribution in [0.25, 0.3) is 0 Å². The summed E-state index contributed by atoms with van der Waals surface area (Å²) < 4.78 is 25.8. The molecule has 6 heteroatoms. The van der Waals surface area contributed by atoms with Gasteiger partial charge < -0.3 is 5.11 Å². The number of likely N-dealkylation sites (N-methyl/N-ethyl adjacent to an activating group) is 1. The van der Waals surface area contributed by atoms with E-state index in [0.29, 0.717) is 12.1 Å². The molecule has 0 atom stereocenters. The Balaban J connectivity index is 3.01. The molecule has 0 aliphatic heterocycles.